The van der Waals surface area contributed by atoms with E-state index >= 15 is 0 Å². The lowest BCUT2D eigenvalue weighted by atomic mass is 10.0. The van der Waals surface area contributed by atoms with Gasteiger partial charge in [-0.05, 0) is 43.5 Å². The second-order valence-corrected chi connectivity index (χ2v) is 6.90. The van der Waals surface area contributed by atoms with Crippen molar-refractivity contribution in [2.75, 3.05) is 0 Å². The molecule has 7 heteroatoms. The number of nitrogens with zero attached hydrogens (tertiary/aromatic N) is 5. The predicted molar refractivity (Wildman–Crippen MR) is 109 cm³/mol. The van der Waals surface area contributed by atoms with Crippen LogP contribution in [0.3, 0.4) is 0 Å². The number of carbonyl (C=O) groups is 1. The number of pyridine rings is 1. The molecule has 0 saturated heterocycles. The fourth-order valence-corrected chi connectivity index (χ4v) is 3.51. The number of rotatable bonds is 6. The highest BCUT2D eigenvalue weighted by molar-refractivity contribution is 5.77. The molecule has 0 fully saturated rings. The lowest BCUT2D eigenvalue weighted by molar-refractivity contribution is -0.121. The van der Waals surface area contributed by atoms with Crippen LogP contribution in [-0.4, -0.2) is 30.5 Å². The Kier molecular flexibility index (Phi) is 5.29. The van der Waals surface area contributed by atoms with Gasteiger partial charge in [0.05, 0.1) is 11.7 Å². The van der Waals surface area contributed by atoms with Crippen LogP contribution in [0.15, 0.2) is 61.1 Å². The Morgan fingerprint density at radius 1 is 1.07 bits per heavy atom. The number of amides is 1. The van der Waals surface area contributed by atoms with Crippen LogP contribution in [0.2, 0.25) is 0 Å². The monoisotopic (exact) mass is 386 g/mol. The molecule has 146 valence electrons. The van der Waals surface area contributed by atoms with Crippen LogP contribution in [0, 0.1) is 13.8 Å². The molecule has 0 bridgehead atoms. The van der Waals surface area contributed by atoms with E-state index in [1.165, 1.54) is 6.33 Å². The van der Waals surface area contributed by atoms with Crippen molar-refractivity contribution in [1.29, 1.82) is 0 Å². The number of carbonyl (C=O) groups excluding carboxylic acids is 1. The maximum absolute atomic E-state index is 12.8. The summed E-state index contributed by atoms with van der Waals surface area (Å²) in [6, 6.07) is 15.3. The number of fused-ring (bicyclic) bond motifs is 1. The van der Waals surface area contributed by atoms with Crippen LogP contribution in [0.4, 0.5) is 0 Å². The Morgan fingerprint density at radius 3 is 2.62 bits per heavy atom. The van der Waals surface area contributed by atoms with Gasteiger partial charge in [0.25, 0.3) is 5.78 Å². The highest BCUT2D eigenvalue weighted by Crippen LogP contribution is 2.21. The van der Waals surface area contributed by atoms with Crippen LogP contribution in [0.1, 0.15) is 40.7 Å². The third-order valence-corrected chi connectivity index (χ3v) is 5.01. The van der Waals surface area contributed by atoms with Gasteiger partial charge in [0.1, 0.15) is 6.33 Å². The van der Waals surface area contributed by atoms with Gasteiger partial charge in [0.15, 0.2) is 0 Å². The molecule has 1 N–H and O–H groups in total. The van der Waals surface area contributed by atoms with Crippen LogP contribution >= 0.6 is 0 Å². The summed E-state index contributed by atoms with van der Waals surface area (Å²) in [5, 5.41) is 7.34. The average Bonchev–Trinajstić information content (AvgIpc) is 3.22. The molecule has 3 aromatic heterocycles. The first-order valence-corrected chi connectivity index (χ1v) is 9.54. The first kappa shape index (κ1) is 18.7. The van der Waals surface area contributed by atoms with Crippen LogP contribution < -0.4 is 5.32 Å². The van der Waals surface area contributed by atoms with Crippen molar-refractivity contribution >= 4 is 11.7 Å². The molecule has 0 aliphatic rings. The summed E-state index contributed by atoms with van der Waals surface area (Å²) in [5.41, 5.74) is 4.66. The second kappa shape index (κ2) is 8.18. The summed E-state index contributed by atoms with van der Waals surface area (Å²) in [7, 11) is 0. The Labute approximate surface area is 168 Å². The molecular weight excluding hydrogens is 364 g/mol. The lowest BCUT2D eigenvalue weighted by Gasteiger charge is -2.19. The van der Waals surface area contributed by atoms with Crippen molar-refractivity contribution in [3.63, 3.8) is 0 Å². The molecule has 0 unspecified atom stereocenters. The Balaban J connectivity index is 1.52. The van der Waals surface area contributed by atoms with Crippen molar-refractivity contribution in [2.24, 2.45) is 0 Å². The van der Waals surface area contributed by atoms with E-state index < -0.39 is 0 Å². The zero-order valence-electron chi connectivity index (χ0n) is 16.4. The van der Waals surface area contributed by atoms with E-state index in [0.29, 0.717) is 18.6 Å². The summed E-state index contributed by atoms with van der Waals surface area (Å²) in [6.07, 6.45) is 4.15. The van der Waals surface area contributed by atoms with Crippen molar-refractivity contribution in [3.05, 3.63) is 89.3 Å². The van der Waals surface area contributed by atoms with E-state index in [4.69, 9.17) is 0 Å². The van der Waals surface area contributed by atoms with E-state index in [-0.39, 0.29) is 11.9 Å². The fourth-order valence-electron chi connectivity index (χ4n) is 3.51. The van der Waals surface area contributed by atoms with Crippen molar-refractivity contribution in [2.45, 2.75) is 32.7 Å². The van der Waals surface area contributed by atoms with Gasteiger partial charge in [-0.1, -0.05) is 36.4 Å². The molecule has 4 aromatic rings. The van der Waals surface area contributed by atoms with Crippen molar-refractivity contribution in [3.8, 4) is 0 Å². The zero-order valence-corrected chi connectivity index (χ0v) is 16.4. The lowest BCUT2D eigenvalue weighted by Crippen LogP contribution is -2.30. The molecule has 0 spiro atoms. The molecule has 7 nitrogen and oxygen atoms in total. The van der Waals surface area contributed by atoms with Gasteiger partial charge in [-0.2, -0.15) is 10.1 Å². The molecule has 0 saturated carbocycles. The topological polar surface area (TPSA) is 85.1 Å². The minimum Gasteiger partial charge on any atom is -0.344 e. The quantitative estimate of drug-likeness (QED) is 0.551. The Bertz CT molecular complexity index is 1080. The third kappa shape index (κ3) is 3.99. The van der Waals surface area contributed by atoms with E-state index in [0.717, 1.165) is 28.2 Å². The van der Waals surface area contributed by atoms with E-state index in [9.17, 15) is 4.79 Å². The number of nitrogens with one attached hydrogen (secondary N) is 1. The highest BCUT2D eigenvalue weighted by atomic mass is 16.1. The van der Waals surface area contributed by atoms with Gasteiger partial charge in [0.2, 0.25) is 5.91 Å². The largest absolute Gasteiger partial charge is 0.344 e. The predicted octanol–water partition coefficient (Wildman–Crippen LogP) is 2.97. The number of hydrogen-bond donors (Lipinski definition) is 1. The molecule has 3 heterocycles. The SMILES string of the molecule is Cc1nc2ncnn2c(C)c1CCC(=O)N[C@@H](c1ccccc1)c1ccccn1. The molecule has 0 radical (unpaired) electrons. The number of hydrogen-bond acceptors (Lipinski definition) is 5. The summed E-state index contributed by atoms with van der Waals surface area (Å²) in [4.78, 5) is 25.9. The maximum atomic E-state index is 12.8. The average molecular weight is 386 g/mol. The molecular formula is C22H22N6O. The summed E-state index contributed by atoms with van der Waals surface area (Å²) in [5.74, 6) is 0.537. The molecule has 1 atom stereocenters. The van der Waals surface area contributed by atoms with Crippen LogP contribution in [-0.2, 0) is 11.2 Å². The highest BCUT2D eigenvalue weighted by Gasteiger charge is 2.19. The van der Waals surface area contributed by atoms with Gasteiger partial charge in [-0.25, -0.2) is 9.50 Å². The Hall–Kier alpha value is -3.61. The van der Waals surface area contributed by atoms with Gasteiger partial charge < -0.3 is 5.32 Å². The minimum absolute atomic E-state index is 0.0398. The van der Waals surface area contributed by atoms with Crippen LogP contribution in [0.5, 0.6) is 0 Å². The second-order valence-electron chi connectivity index (χ2n) is 6.90. The molecule has 1 aromatic carbocycles. The summed E-state index contributed by atoms with van der Waals surface area (Å²) < 4.78 is 1.71. The van der Waals surface area contributed by atoms with Crippen LogP contribution in [0.25, 0.3) is 5.78 Å². The van der Waals surface area contributed by atoms with Gasteiger partial charge in [0, 0.05) is 24.0 Å². The van der Waals surface area contributed by atoms with Gasteiger partial charge in [-0.15, -0.1) is 0 Å². The summed E-state index contributed by atoms with van der Waals surface area (Å²) in [6.45, 7) is 3.92. The normalized spacial score (nSPS) is 12.1. The molecule has 29 heavy (non-hydrogen) atoms. The van der Waals surface area contributed by atoms with E-state index in [1.807, 2.05) is 62.4 Å². The maximum Gasteiger partial charge on any atom is 0.252 e. The van der Waals surface area contributed by atoms with E-state index in [2.05, 4.69) is 25.4 Å². The third-order valence-electron chi connectivity index (χ3n) is 5.01. The Morgan fingerprint density at radius 2 is 1.86 bits per heavy atom. The van der Waals surface area contributed by atoms with Gasteiger partial charge >= 0.3 is 0 Å². The molecule has 1 amide bonds. The first-order valence-electron chi connectivity index (χ1n) is 9.54. The number of aryl methyl sites for hydroxylation is 2. The molecule has 0 aliphatic carbocycles. The summed E-state index contributed by atoms with van der Waals surface area (Å²) >= 11 is 0. The first-order chi connectivity index (χ1) is 14.1. The van der Waals surface area contributed by atoms with E-state index in [1.54, 1.807) is 10.7 Å². The standard InChI is InChI=1S/C22H22N6O/c1-15-18(16(2)28-22(26-15)24-14-25-28)11-12-20(29)27-21(17-8-4-3-5-9-17)19-10-6-7-13-23-19/h3-10,13-14,21H,11-12H2,1-2H3,(H,27,29)/t21-/m0/s1. The van der Waals surface area contributed by atoms with Gasteiger partial charge in [-0.3, -0.25) is 9.78 Å². The number of benzene rings is 1. The molecule has 4 rings (SSSR count). The molecule has 0 aliphatic heterocycles. The smallest absolute Gasteiger partial charge is 0.252 e. The minimum atomic E-state index is -0.289. The number of aromatic nitrogens is 5. The zero-order chi connectivity index (χ0) is 20.2. The van der Waals surface area contributed by atoms with Crippen molar-refractivity contribution in [1.82, 2.24) is 29.9 Å². The van der Waals surface area contributed by atoms with Crippen molar-refractivity contribution < 1.29 is 4.79 Å². The fraction of sp³-hybridized carbons (Fsp3) is 0.227.